The van der Waals surface area contributed by atoms with Crippen LogP contribution in [-0.2, 0) is 6.54 Å². The zero-order valence-electron chi connectivity index (χ0n) is 12.8. The first-order valence-corrected chi connectivity index (χ1v) is 8.44. The Morgan fingerprint density at radius 2 is 2.18 bits per heavy atom. The van der Waals surface area contributed by atoms with Crippen LogP contribution in [0.15, 0.2) is 15.6 Å². The van der Waals surface area contributed by atoms with Gasteiger partial charge in [0.15, 0.2) is 0 Å². The molecule has 3 rings (SSSR count). The Morgan fingerprint density at radius 1 is 1.41 bits per heavy atom. The van der Waals surface area contributed by atoms with Crippen molar-refractivity contribution in [2.75, 3.05) is 6.26 Å². The third kappa shape index (κ3) is 3.14. The van der Waals surface area contributed by atoms with Crippen molar-refractivity contribution in [2.45, 2.75) is 44.2 Å². The van der Waals surface area contributed by atoms with Crippen LogP contribution in [0, 0.1) is 13.8 Å². The number of aromatic nitrogens is 3. The van der Waals surface area contributed by atoms with E-state index in [0.717, 1.165) is 35.1 Å². The molecule has 0 aliphatic heterocycles. The van der Waals surface area contributed by atoms with E-state index in [1.54, 1.807) is 6.07 Å². The summed E-state index contributed by atoms with van der Waals surface area (Å²) in [6, 6.07) is 1.80. The molecule has 0 radical (unpaired) electrons. The molecule has 22 heavy (non-hydrogen) atoms. The fourth-order valence-corrected chi connectivity index (χ4v) is 2.89. The quantitative estimate of drug-likeness (QED) is 0.674. The van der Waals surface area contributed by atoms with Crippen LogP contribution in [0.3, 0.4) is 0 Å². The van der Waals surface area contributed by atoms with Gasteiger partial charge < -0.3 is 9.84 Å². The van der Waals surface area contributed by atoms with Crippen molar-refractivity contribution in [3.63, 3.8) is 0 Å². The number of carbonyl (C=O) groups excluding carboxylic acids is 1. The molecule has 0 saturated heterocycles. The highest BCUT2D eigenvalue weighted by atomic mass is 32.2. The predicted molar refractivity (Wildman–Crippen MR) is 82.9 cm³/mol. The van der Waals surface area contributed by atoms with E-state index >= 15 is 0 Å². The molecule has 1 aliphatic carbocycles. The monoisotopic (exact) mass is 318 g/mol. The number of thioether (sulfide) groups is 1. The van der Waals surface area contributed by atoms with Gasteiger partial charge in [-0.2, -0.15) is 0 Å². The first-order valence-electron chi connectivity index (χ1n) is 7.21. The average Bonchev–Trinajstić information content (AvgIpc) is 3.26. The van der Waals surface area contributed by atoms with Crippen LogP contribution in [0.4, 0.5) is 0 Å². The van der Waals surface area contributed by atoms with Crippen LogP contribution in [0.5, 0.6) is 0 Å². The molecular weight excluding hydrogens is 300 g/mol. The summed E-state index contributed by atoms with van der Waals surface area (Å²) in [4.78, 5) is 21.5. The topological polar surface area (TPSA) is 80.9 Å². The first kappa shape index (κ1) is 15.0. The molecule has 2 aromatic rings. The number of rotatable bonds is 5. The van der Waals surface area contributed by atoms with E-state index in [2.05, 4.69) is 20.4 Å². The van der Waals surface area contributed by atoms with E-state index in [1.807, 2.05) is 20.1 Å². The van der Waals surface area contributed by atoms with E-state index in [-0.39, 0.29) is 5.91 Å². The zero-order chi connectivity index (χ0) is 15.7. The van der Waals surface area contributed by atoms with Gasteiger partial charge in [0.05, 0.1) is 17.8 Å². The van der Waals surface area contributed by atoms with Gasteiger partial charge >= 0.3 is 0 Å². The SMILES string of the molecule is CSc1nc(C2CC2)nc(C)c1C(=O)NCc1cc(C)on1. The molecule has 0 aromatic carbocycles. The lowest BCUT2D eigenvalue weighted by Crippen LogP contribution is -2.25. The van der Waals surface area contributed by atoms with E-state index in [9.17, 15) is 4.79 Å². The van der Waals surface area contributed by atoms with Crippen LogP contribution < -0.4 is 5.32 Å². The second kappa shape index (κ2) is 6.08. The molecule has 1 amide bonds. The van der Waals surface area contributed by atoms with Crippen LogP contribution in [0.1, 0.15) is 52.1 Å². The Bertz CT molecular complexity index is 710. The summed E-state index contributed by atoms with van der Waals surface area (Å²) in [7, 11) is 0. The van der Waals surface area contributed by atoms with Crippen molar-refractivity contribution in [2.24, 2.45) is 0 Å². The molecule has 1 aliphatic rings. The van der Waals surface area contributed by atoms with Gasteiger partial charge in [-0.15, -0.1) is 11.8 Å². The Balaban J connectivity index is 1.78. The zero-order valence-corrected chi connectivity index (χ0v) is 13.7. The first-order chi connectivity index (χ1) is 10.6. The molecule has 1 fully saturated rings. The number of hydrogen-bond donors (Lipinski definition) is 1. The highest BCUT2D eigenvalue weighted by Crippen LogP contribution is 2.39. The van der Waals surface area contributed by atoms with Gasteiger partial charge in [-0.3, -0.25) is 4.79 Å². The van der Waals surface area contributed by atoms with Crippen molar-refractivity contribution < 1.29 is 9.32 Å². The molecule has 0 atom stereocenters. The number of nitrogens with one attached hydrogen (secondary N) is 1. The normalized spacial score (nSPS) is 14.1. The predicted octanol–water partition coefficient (Wildman–Crippen LogP) is 2.61. The van der Waals surface area contributed by atoms with E-state index in [1.165, 1.54) is 11.8 Å². The van der Waals surface area contributed by atoms with Crippen LogP contribution in [0.2, 0.25) is 0 Å². The van der Waals surface area contributed by atoms with Crippen molar-refractivity contribution in [3.05, 3.63) is 34.6 Å². The highest BCUT2D eigenvalue weighted by molar-refractivity contribution is 7.98. The van der Waals surface area contributed by atoms with Gasteiger partial charge in [0.1, 0.15) is 22.3 Å². The van der Waals surface area contributed by atoms with Crippen LogP contribution in [0.25, 0.3) is 0 Å². The average molecular weight is 318 g/mol. The summed E-state index contributed by atoms with van der Waals surface area (Å²) in [6.07, 6.45) is 4.21. The Morgan fingerprint density at radius 3 is 2.77 bits per heavy atom. The molecule has 2 aromatic heterocycles. The molecule has 7 heteroatoms. The number of nitrogens with zero attached hydrogens (tertiary/aromatic N) is 3. The van der Waals surface area contributed by atoms with Gasteiger partial charge in [-0.25, -0.2) is 9.97 Å². The summed E-state index contributed by atoms with van der Waals surface area (Å²) in [5.41, 5.74) is 1.98. The lowest BCUT2D eigenvalue weighted by molar-refractivity contribution is 0.0945. The molecule has 2 heterocycles. The summed E-state index contributed by atoms with van der Waals surface area (Å²) in [5, 5.41) is 7.46. The minimum absolute atomic E-state index is 0.176. The number of amides is 1. The van der Waals surface area contributed by atoms with Crippen molar-refractivity contribution in [1.82, 2.24) is 20.4 Å². The standard InChI is InChI=1S/C15H18N4O2S/c1-8-6-11(19-21-8)7-16-14(20)12-9(2)17-13(10-4-5-10)18-15(12)22-3/h6,10H,4-5,7H2,1-3H3,(H,16,20). The number of aryl methyl sites for hydroxylation is 2. The van der Waals surface area contributed by atoms with Crippen molar-refractivity contribution in [3.8, 4) is 0 Å². The smallest absolute Gasteiger partial charge is 0.256 e. The van der Waals surface area contributed by atoms with Gasteiger partial charge in [-0.05, 0) is 32.9 Å². The summed E-state index contributed by atoms with van der Waals surface area (Å²) < 4.78 is 4.99. The minimum Gasteiger partial charge on any atom is -0.361 e. The largest absolute Gasteiger partial charge is 0.361 e. The fourth-order valence-electron chi connectivity index (χ4n) is 2.26. The van der Waals surface area contributed by atoms with Gasteiger partial charge in [-0.1, -0.05) is 5.16 Å². The van der Waals surface area contributed by atoms with Crippen molar-refractivity contribution in [1.29, 1.82) is 0 Å². The molecule has 0 bridgehead atoms. The fraction of sp³-hybridized carbons (Fsp3) is 0.467. The van der Waals surface area contributed by atoms with Crippen molar-refractivity contribution >= 4 is 17.7 Å². The summed E-state index contributed by atoms with van der Waals surface area (Å²) in [6.45, 7) is 4.01. The maximum absolute atomic E-state index is 12.5. The Hall–Kier alpha value is -1.89. The molecule has 116 valence electrons. The van der Waals surface area contributed by atoms with E-state index in [4.69, 9.17) is 4.52 Å². The van der Waals surface area contributed by atoms with E-state index < -0.39 is 0 Å². The maximum Gasteiger partial charge on any atom is 0.256 e. The molecule has 6 nitrogen and oxygen atoms in total. The molecule has 1 saturated carbocycles. The maximum atomic E-state index is 12.5. The summed E-state index contributed by atoms with van der Waals surface area (Å²) in [5.74, 6) is 1.89. The highest BCUT2D eigenvalue weighted by Gasteiger charge is 2.29. The second-order valence-corrected chi connectivity index (χ2v) is 6.23. The second-order valence-electron chi connectivity index (χ2n) is 5.44. The lowest BCUT2D eigenvalue weighted by atomic mass is 10.2. The molecule has 1 N–H and O–H groups in total. The van der Waals surface area contributed by atoms with Gasteiger partial charge in [0, 0.05) is 12.0 Å². The molecule has 0 unspecified atom stereocenters. The minimum atomic E-state index is -0.176. The molecular formula is C15H18N4O2S. The Labute approximate surface area is 133 Å². The third-order valence-corrected chi connectivity index (χ3v) is 4.23. The number of carbonyl (C=O) groups is 1. The van der Waals surface area contributed by atoms with Gasteiger partial charge in [0.25, 0.3) is 5.91 Å². The van der Waals surface area contributed by atoms with Crippen LogP contribution >= 0.6 is 11.8 Å². The summed E-state index contributed by atoms with van der Waals surface area (Å²) >= 11 is 1.48. The lowest BCUT2D eigenvalue weighted by Gasteiger charge is -2.11. The van der Waals surface area contributed by atoms with E-state index in [0.29, 0.717) is 23.7 Å². The number of hydrogen-bond acceptors (Lipinski definition) is 6. The van der Waals surface area contributed by atoms with Crippen LogP contribution in [-0.4, -0.2) is 27.3 Å². The molecule has 0 spiro atoms. The third-order valence-electron chi connectivity index (χ3n) is 3.54. The Kier molecular flexibility index (Phi) is 4.15. The van der Waals surface area contributed by atoms with Gasteiger partial charge in [0.2, 0.25) is 0 Å².